The standard InChI is InChI=1S/4CH4S2.Ti/c4*2-1-3;/h4*2-3H,1H2;/q;;;;+4/p-4. The van der Waals surface area contributed by atoms with Gasteiger partial charge in [0.2, 0.25) is 0 Å². The Balaban J connectivity index is -0.0000000213. The van der Waals surface area contributed by atoms with Gasteiger partial charge < -0.3 is 50.5 Å². The first-order valence-corrected chi connectivity index (χ1v) is 7.26. The van der Waals surface area contributed by atoms with Crippen molar-refractivity contribution >= 4 is 101 Å². The van der Waals surface area contributed by atoms with Crippen molar-refractivity contribution in [2.45, 2.75) is 0 Å². The summed E-state index contributed by atoms with van der Waals surface area (Å²) in [6.45, 7) is 0. The van der Waals surface area contributed by atoms with Crippen LogP contribution in [0.15, 0.2) is 0 Å². The molecule has 0 aliphatic carbocycles. The van der Waals surface area contributed by atoms with Gasteiger partial charge in [0, 0.05) is 0 Å². The van der Waals surface area contributed by atoms with E-state index < -0.39 is 0 Å². The third-order valence-electron chi connectivity index (χ3n) is 0. The molecule has 0 saturated carbocycles. The van der Waals surface area contributed by atoms with Gasteiger partial charge in [0.25, 0.3) is 0 Å². The van der Waals surface area contributed by atoms with Gasteiger partial charge in [-0.05, 0) is 0 Å². The maximum atomic E-state index is 4.26. The fraction of sp³-hybridized carbons (Fsp3) is 1.00. The summed E-state index contributed by atoms with van der Waals surface area (Å²) in [5.74, 6) is 0. The predicted octanol–water partition coefficient (Wildman–Crippen LogP) is 1.68. The van der Waals surface area contributed by atoms with Crippen molar-refractivity contribution in [3.63, 3.8) is 0 Å². The second kappa shape index (κ2) is 57.9. The topological polar surface area (TPSA) is 0 Å². The molecule has 0 aromatic heterocycles. The molecule has 0 fully saturated rings. The van der Waals surface area contributed by atoms with Crippen molar-refractivity contribution in [3.05, 3.63) is 0 Å². The van der Waals surface area contributed by atoms with Crippen LogP contribution in [0.5, 0.6) is 0 Å². The Labute approximate surface area is 141 Å². The molecule has 9 heteroatoms. The molecule has 0 unspecified atom stereocenters. The monoisotopic (exact) mass is 364 g/mol. The molecule has 0 bridgehead atoms. The summed E-state index contributed by atoms with van der Waals surface area (Å²) in [6.07, 6.45) is 0. The Bertz CT molecular complexity index is 24.1. The molecule has 0 atom stereocenters. The second-order valence-corrected chi connectivity index (χ2v) is 4.65. The summed E-state index contributed by atoms with van der Waals surface area (Å²) in [5, 5.41) is 2.11. The Hall–Kier alpha value is 3.51. The summed E-state index contributed by atoms with van der Waals surface area (Å²) in [5.41, 5.74) is 0. The van der Waals surface area contributed by atoms with E-state index in [-0.39, 0.29) is 21.7 Å². The summed E-state index contributed by atoms with van der Waals surface area (Å²) in [7, 11) is 0. The first-order valence-electron chi connectivity index (χ1n) is 2.42. The smallest absolute Gasteiger partial charge is 0.782 e. The van der Waals surface area contributed by atoms with Crippen LogP contribution in [0.1, 0.15) is 0 Å². The molecule has 0 saturated heterocycles. The average molecular weight is 365 g/mol. The molecule has 0 aromatic rings. The van der Waals surface area contributed by atoms with E-state index in [9.17, 15) is 0 Å². The minimum absolute atomic E-state index is 0. The molecule has 0 aromatic carbocycles. The zero-order valence-corrected chi connectivity index (χ0v) is 15.2. The first kappa shape index (κ1) is 30.0. The zero-order chi connectivity index (χ0) is 10.8. The molecule has 0 aliphatic heterocycles. The van der Waals surface area contributed by atoms with Gasteiger partial charge in [-0.3, -0.25) is 0 Å². The van der Waals surface area contributed by atoms with Gasteiger partial charge in [0.05, 0.1) is 0 Å². The largest absolute Gasteiger partial charge is 4.00 e. The third-order valence-corrected chi connectivity index (χ3v) is 0. The molecule has 80 valence electrons. The van der Waals surface area contributed by atoms with E-state index >= 15 is 0 Å². The van der Waals surface area contributed by atoms with Crippen LogP contribution >= 0.6 is 50.5 Å². The molecule has 0 aliphatic rings. The summed E-state index contributed by atoms with van der Waals surface area (Å²) in [6, 6.07) is 0. The molecule has 0 amide bonds. The van der Waals surface area contributed by atoms with E-state index in [0.29, 0.717) is 20.3 Å². The van der Waals surface area contributed by atoms with Crippen LogP contribution in [-0.2, 0) is 72.2 Å². The predicted molar refractivity (Wildman–Crippen MR) is 84.9 cm³/mol. The zero-order valence-electron chi connectivity index (χ0n) is 6.75. The van der Waals surface area contributed by atoms with E-state index in [1.165, 1.54) is 0 Å². The summed E-state index contributed by atoms with van der Waals surface area (Å²) >= 11 is 31.4. The van der Waals surface area contributed by atoms with Gasteiger partial charge in [-0.1, -0.05) is 0 Å². The molecular formula is C4H12S8Ti. The van der Waals surface area contributed by atoms with Crippen molar-refractivity contribution in [1.82, 2.24) is 0 Å². The SMILES string of the molecule is [S-]CS.[S-]CS.[S-]CS.[S-]CS.[Ti+4]. The van der Waals surface area contributed by atoms with E-state index in [4.69, 9.17) is 0 Å². The number of thiol groups is 4. The van der Waals surface area contributed by atoms with Crippen molar-refractivity contribution in [2.75, 3.05) is 20.3 Å². The van der Waals surface area contributed by atoms with E-state index in [2.05, 4.69) is 101 Å². The van der Waals surface area contributed by atoms with Crippen molar-refractivity contribution < 1.29 is 21.7 Å². The number of rotatable bonds is 0. The molecule has 0 heterocycles. The summed E-state index contributed by atoms with van der Waals surface area (Å²) in [4.78, 5) is 0. The normalized spacial score (nSPS) is 5.54. The molecule has 0 spiro atoms. The number of hydrogen-bond donors (Lipinski definition) is 4. The van der Waals surface area contributed by atoms with Gasteiger partial charge >= 0.3 is 21.7 Å². The molecule has 0 radical (unpaired) electrons. The second-order valence-electron chi connectivity index (χ2n) is 0.516. The maximum absolute atomic E-state index is 4.26. The van der Waals surface area contributed by atoms with Gasteiger partial charge in [-0.25, -0.2) is 50.5 Å². The van der Waals surface area contributed by atoms with Crippen LogP contribution in [0.3, 0.4) is 0 Å². The van der Waals surface area contributed by atoms with Gasteiger partial charge in [0.15, 0.2) is 0 Å². The van der Waals surface area contributed by atoms with Crippen LogP contribution in [-0.4, -0.2) is 20.3 Å². The summed E-state index contributed by atoms with van der Waals surface area (Å²) < 4.78 is 0. The van der Waals surface area contributed by atoms with Crippen LogP contribution in [0.2, 0.25) is 0 Å². The van der Waals surface area contributed by atoms with Gasteiger partial charge in [-0.2, -0.15) is 0 Å². The Morgan fingerprint density at radius 1 is 0.538 bits per heavy atom. The minimum Gasteiger partial charge on any atom is -0.782 e. The van der Waals surface area contributed by atoms with Crippen LogP contribution in [0.4, 0.5) is 0 Å². The molecule has 0 rings (SSSR count). The first-order chi connectivity index (χ1) is 5.66. The van der Waals surface area contributed by atoms with Gasteiger partial charge in [0.1, 0.15) is 0 Å². The molecular weight excluding hydrogens is 352 g/mol. The van der Waals surface area contributed by atoms with Crippen molar-refractivity contribution in [3.8, 4) is 0 Å². The number of hydrogen-bond acceptors (Lipinski definition) is 8. The third kappa shape index (κ3) is 229. The molecule has 13 heavy (non-hydrogen) atoms. The van der Waals surface area contributed by atoms with Crippen LogP contribution < -0.4 is 0 Å². The Morgan fingerprint density at radius 3 is 0.538 bits per heavy atom. The maximum Gasteiger partial charge on any atom is 4.00 e. The van der Waals surface area contributed by atoms with Crippen molar-refractivity contribution in [2.24, 2.45) is 0 Å². The fourth-order valence-corrected chi connectivity index (χ4v) is 0. The Kier molecular flexibility index (Phi) is 133. The molecule has 0 N–H and O–H groups in total. The van der Waals surface area contributed by atoms with Crippen LogP contribution in [0.25, 0.3) is 0 Å². The van der Waals surface area contributed by atoms with E-state index in [0.717, 1.165) is 0 Å². The van der Waals surface area contributed by atoms with E-state index in [1.54, 1.807) is 0 Å². The van der Waals surface area contributed by atoms with E-state index in [1.807, 2.05) is 0 Å². The minimum atomic E-state index is 0. The fourth-order valence-electron chi connectivity index (χ4n) is 0. The van der Waals surface area contributed by atoms with Gasteiger partial charge in [-0.15, -0.1) is 20.3 Å². The van der Waals surface area contributed by atoms with Crippen molar-refractivity contribution in [1.29, 1.82) is 0 Å². The average Bonchev–Trinajstić information content (AvgIpc) is 1.92. The quantitative estimate of drug-likeness (QED) is 0.293. The Morgan fingerprint density at radius 2 is 0.538 bits per heavy atom. The molecule has 0 nitrogen and oxygen atoms in total. The van der Waals surface area contributed by atoms with Crippen LogP contribution in [0, 0.1) is 0 Å².